The van der Waals surface area contributed by atoms with Crippen LogP contribution in [0.1, 0.15) is 28.6 Å². The number of nitrogens with zero attached hydrogens (tertiary/aromatic N) is 6. The monoisotopic (exact) mass is 1760 g/mol. The molecule has 15 heterocycles. The molecule has 0 atom stereocenters. The second kappa shape index (κ2) is 28.3. The third-order valence-corrected chi connectivity index (χ3v) is 34.3. The minimum atomic E-state index is -0.311. The number of hydrogen-bond donors (Lipinski definition) is 0. The van der Waals surface area contributed by atoms with E-state index in [2.05, 4.69) is 244 Å². The lowest BCUT2D eigenvalue weighted by Gasteiger charge is -2.06. The number of carbonyl (C=O) groups excluding carboxylic acids is 1. The van der Waals surface area contributed by atoms with Crippen molar-refractivity contribution < 1.29 is 26.9 Å². The summed E-state index contributed by atoms with van der Waals surface area (Å²) in [6, 6.07) is 90.0. The minimum Gasteiger partial charge on any atom is -0.443 e. The van der Waals surface area contributed by atoms with Crippen LogP contribution >= 0.6 is 113 Å². The fourth-order valence-corrected chi connectivity index (χ4v) is 27.6. The molecule has 0 bridgehead atoms. The first-order chi connectivity index (χ1) is 60.6. The van der Waals surface area contributed by atoms with Crippen molar-refractivity contribution in [2.24, 2.45) is 4.99 Å². The average molecular weight is 1770 g/mol. The van der Waals surface area contributed by atoms with Crippen LogP contribution in [0.2, 0.25) is 0 Å². The van der Waals surface area contributed by atoms with E-state index in [1.165, 1.54) is 0 Å². The van der Waals surface area contributed by atoms with E-state index in [1.807, 2.05) is 24.5 Å². The highest BCUT2D eigenvalue weighted by molar-refractivity contribution is 7.28. The smallest absolute Gasteiger partial charge is 0.278 e. The Hall–Kier alpha value is -13.1. The topological polar surface area (TPSA) is 160 Å². The zero-order valence-electron chi connectivity index (χ0n) is 64.1. The van der Waals surface area contributed by atoms with E-state index < -0.39 is 0 Å². The Balaban J connectivity index is 0.632. The van der Waals surface area contributed by atoms with Crippen LogP contribution in [-0.2, 0) is 0 Å². The SMILES string of the molecule is CCC(=NC(=O)c1cc(-c2cc3cc4sc(-c5cc(-c6coc(-c7cc8ccccc8s7)n6)c6sc7c(-c8coc(-c9cc%10ccccc%10s9)n8)cc(-c8coc(-c9cc%10ccccc%10s9)n8)cc7c6c5)cc4cc3s2)cc2c1sc1c(-c3coc(-c4cc5ccccc5s4)n3)cc(-c3coc(-c4cc5ccccc5s4)n3)cc12)c1cc2ccccc2s1. The first kappa shape index (κ1) is 71.6. The van der Waals surface area contributed by atoms with E-state index in [0.717, 1.165) is 210 Å². The molecule has 15 aromatic heterocycles. The summed E-state index contributed by atoms with van der Waals surface area (Å²) in [6.45, 7) is 2.07. The Morgan fingerprint density at radius 1 is 0.276 bits per heavy atom. The highest BCUT2D eigenvalue weighted by atomic mass is 32.1. The molecule has 11 aromatic carbocycles. The third-order valence-electron chi connectivity index (χ3n) is 22.7. The molecule has 0 fully saturated rings. The van der Waals surface area contributed by atoms with E-state index in [9.17, 15) is 0 Å². The number of thiophene rings is 10. The quantitative estimate of drug-likeness (QED) is 0.0899. The van der Waals surface area contributed by atoms with Crippen LogP contribution in [0, 0.1) is 0 Å². The Morgan fingerprint density at radius 2 is 0.569 bits per heavy atom. The molecule has 22 heteroatoms. The number of benzene rings is 11. The molecule has 26 rings (SSSR count). The molecule has 1 amide bonds. The maximum absolute atomic E-state index is 15.8. The summed E-state index contributed by atoms with van der Waals surface area (Å²) in [5.74, 6) is 2.42. The summed E-state index contributed by atoms with van der Waals surface area (Å²) >= 11 is 16.7. The molecule has 0 aliphatic carbocycles. The van der Waals surface area contributed by atoms with Crippen molar-refractivity contribution in [3.8, 4) is 131 Å². The molecule has 0 aliphatic heterocycles. The number of amides is 1. The van der Waals surface area contributed by atoms with Crippen LogP contribution < -0.4 is 0 Å². The lowest BCUT2D eigenvalue weighted by atomic mass is 9.98. The summed E-state index contributed by atoms with van der Waals surface area (Å²) in [7, 11) is 0. The Bertz CT molecular complexity index is 8680. The highest BCUT2D eigenvalue weighted by Gasteiger charge is 2.29. The summed E-state index contributed by atoms with van der Waals surface area (Å²) in [6.07, 6.45) is 9.42. The highest BCUT2D eigenvalue weighted by Crippen LogP contribution is 2.53. The van der Waals surface area contributed by atoms with Crippen LogP contribution in [0.5, 0.6) is 0 Å². The van der Waals surface area contributed by atoms with Crippen molar-refractivity contribution in [3.63, 3.8) is 0 Å². The van der Waals surface area contributed by atoms with Gasteiger partial charge in [-0.15, -0.1) is 113 Å². The van der Waals surface area contributed by atoms with Crippen molar-refractivity contribution in [2.75, 3.05) is 0 Å². The van der Waals surface area contributed by atoms with Gasteiger partial charge in [-0.2, -0.15) is 0 Å². The zero-order chi connectivity index (χ0) is 80.8. The van der Waals surface area contributed by atoms with E-state index in [4.69, 9.17) is 52.0 Å². The molecule has 0 aliphatic rings. The Morgan fingerprint density at radius 3 is 0.935 bits per heavy atom. The molecule has 0 unspecified atom stereocenters. The van der Waals surface area contributed by atoms with Crippen LogP contribution in [0.25, 0.3) is 252 Å². The standard InChI is InChI=1S/C101H52N6O6S10/c1-2-70(86-35-50-15-3-9-21-76(50)114-86)102-96(108)69-34-59(32-65-63-28-57(72-46-110-98(104-72)88-37-52-17-5-11-23-78(52)116-88)30-67(93(63)123-95(65)69)74-48-112-100(106-74)90-39-54-19-7-13-25-80(54)118-90)83-42-61-44-84-60(43-85(61)121-83)41-82(120-84)58-31-64-62-27-56(71-45-109-97(103-71)87-36-51-16-4-10-22-77(51)115-87)29-66(73-47-111-99(105-73)89-38-53-18-6-12-24-79(53)117-89)92(62)122-94(64)68(33-58)75-49-113-101(107-75)91-40-55-20-8-14-26-81(55)119-91/h3-49H,2H2,1H3. The van der Waals surface area contributed by atoms with Crippen molar-refractivity contribution in [3.05, 3.63) is 297 Å². The average Bonchev–Trinajstić information content (AvgIpc) is 1.58. The molecule has 0 saturated heterocycles. The van der Waals surface area contributed by atoms with Crippen LogP contribution in [0.3, 0.4) is 0 Å². The van der Waals surface area contributed by atoms with E-state index in [1.54, 1.807) is 138 Å². The molecule has 0 saturated carbocycles. The fraction of sp³-hybridized carbons (Fsp3) is 0.0198. The van der Waals surface area contributed by atoms with Gasteiger partial charge in [0.25, 0.3) is 5.91 Å². The van der Waals surface area contributed by atoms with Gasteiger partial charge in [0, 0.05) is 120 Å². The second-order valence-electron chi connectivity index (χ2n) is 30.3. The van der Waals surface area contributed by atoms with E-state index in [-0.39, 0.29) is 5.91 Å². The number of aromatic nitrogens is 5. The van der Waals surface area contributed by atoms with Gasteiger partial charge < -0.3 is 22.1 Å². The number of aliphatic imine (C=N–C) groups is 1. The molecular formula is C101H52N6O6S10. The van der Waals surface area contributed by atoms with Gasteiger partial charge in [-0.25, -0.2) is 29.9 Å². The summed E-state index contributed by atoms with van der Waals surface area (Å²) < 4.78 is 45.3. The van der Waals surface area contributed by atoms with Crippen molar-refractivity contribution in [1.82, 2.24) is 24.9 Å². The van der Waals surface area contributed by atoms with Gasteiger partial charge in [0.05, 0.1) is 35.7 Å². The number of carbonyl (C=O) groups is 1. The van der Waals surface area contributed by atoms with Crippen LogP contribution in [-0.4, -0.2) is 36.5 Å². The molecular weight excluding hydrogens is 1710 g/mol. The van der Waals surface area contributed by atoms with Crippen molar-refractivity contribution >= 4 is 246 Å². The maximum atomic E-state index is 15.8. The largest absolute Gasteiger partial charge is 0.443 e. The van der Waals surface area contributed by atoms with Gasteiger partial charge in [-0.05, 0) is 206 Å². The normalized spacial score (nSPS) is 12.4. The number of hydrogen-bond acceptors (Lipinski definition) is 21. The number of oxazole rings is 5. The van der Waals surface area contributed by atoms with Crippen LogP contribution in [0.4, 0.5) is 0 Å². The van der Waals surface area contributed by atoms with E-state index >= 15 is 4.79 Å². The first-order valence-corrected chi connectivity index (χ1v) is 47.7. The molecule has 12 nitrogen and oxygen atoms in total. The van der Waals surface area contributed by atoms with Gasteiger partial charge >= 0.3 is 0 Å². The van der Waals surface area contributed by atoms with Crippen molar-refractivity contribution in [1.29, 1.82) is 0 Å². The van der Waals surface area contributed by atoms with Crippen molar-refractivity contribution in [2.45, 2.75) is 13.3 Å². The van der Waals surface area contributed by atoms with Gasteiger partial charge in [0.2, 0.25) is 29.5 Å². The van der Waals surface area contributed by atoms with Gasteiger partial charge in [0.1, 0.15) is 59.8 Å². The van der Waals surface area contributed by atoms with Gasteiger partial charge in [0.15, 0.2) is 0 Å². The first-order valence-electron chi connectivity index (χ1n) is 39.5. The molecule has 26 aromatic rings. The molecule has 0 spiro atoms. The lowest BCUT2D eigenvalue weighted by Crippen LogP contribution is -2.04. The molecule has 0 radical (unpaired) electrons. The lowest BCUT2D eigenvalue weighted by molar-refractivity contribution is 0.100. The molecule has 123 heavy (non-hydrogen) atoms. The van der Waals surface area contributed by atoms with Crippen LogP contribution in [0.15, 0.2) is 313 Å². The summed E-state index contributed by atoms with van der Waals surface area (Å²) in [5, 5.41) is 12.9. The maximum Gasteiger partial charge on any atom is 0.278 e. The Labute approximate surface area is 736 Å². The zero-order valence-corrected chi connectivity index (χ0v) is 72.2. The minimum absolute atomic E-state index is 0.311. The fourth-order valence-electron chi connectivity index (χ4n) is 16.7. The van der Waals surface area contributed by atoms with Gasteiger partial charge in [-0.3, -0.25) is 4.79 Å². The van der Waals surface area contributed by atoms with E-state index in [0.29, 0.717) is 64.2 Å². The third kappa shape index (κ3) is 12.2. The van der Waals surface area contributed by atoms with Gasteiger partial charge in [-0.1, -0.05) is 116 Å². The number of rotatable bonds is 15. The predicted molar refractivity (Wildman–Crippen MR) is 518 cm³/mol. The second-order valence-corrected chi connectivity index (χ2v) is 41.0. The molecule has 0 N–H and O–H groups in total. The predicted octanol–water partition coefficient (Wildman–Crippen LogP) is 33.1. The molecule has 582 valence electrons. The summed E-state index contributed by atoms with van der Waals surface area (Å²) in [4.78, 5) is 55.1. The summed E-state index contributed by atoms with van der Waals surface area (Å²) in [5.41, 5.74) is 11.0. The number of fused-ring (bicyclic) bond motifs is 14. The Kier molecular flexibility index (Phi) is 16.5.